The molecule has 2 aromatic heterocycles. The average molecular weight is 417 g/mol. The van der Waals surface area contributed by atoms with Crippen molar-refractivity contribution in [2.24, 2.45) is 0 Å². The molecule has 6 nitrogen and oxygen atoms in total. The Kier molecular flexibility index (Phi) is 4.80. The zero-order valence-electron chi connectivity index (χ0n) is 16.4. The summed E-state index contributed by atoms with van der Waals surface area (Å²) in [5.41, 5.74) is 2.63. The van der Waals surface area contributed by atoms with E-state index in [-0.39, 0.29) is 5.56 Å². The van der Waals surface area contributed by atoms with E-state index in [9.17, 15) is 4.79 Å². The van der Waals surface area contributed by atoms with E-state index in [0.29, 0.717) is 28.5 Å². The molecule has 7 heteroatoms. The van der Waals surface area contributed by atoms with Crippen LogP contribution in [0.3, 0.4) is 0 Å². The molecule has 0 amide bonds. The van der Waals surface area contributed by atoms with E-state index in [1.165, 1.54) is 15.9 Å². The van der Waals surface area contributed by atoms with Crippen molar-refractivity contribution in [1.29, 1.82) is 0 Å². The van der Waals surface area contributed by atoms with Crippen LogP contribution in [-0.2, 0) is 0 Å². The van der Waals surface area contributed by atoms with Gasteiger partial charge in [-0.3, -0.25) is 4.79 Å². The fourth-order valence-electron chi connectivity index (χ4n) is 3.26. The highest BCUT2D eigenvalue weighted by molar-refractivity contribution is 7.15. The molecule has 0 fully saturated rings. The molecule has 5 rings (SSSR count). The maximum Gasteiger partial charge on any atom is 0.291 e. The maximum absolute atomic E-state index is 12.8. The second-order valence-electron chi connectivity index (χ2n) is 6.96. The van der Waals surface area contributed by atoms with Gasteiger partial charge in [0.05, 0.1) is 11.1 Å². The van der Waals surface area contributed by atoms with Gasteiger partial charge in [-0.15, -0.1) is 5.10 Å². The third-order valence-electron chi connectivity index (χ3n) is 4.74. The summed E-state index contributed by atoms with van der Waals surface area (Å²) < 4.78 is 13.3. The number of ether oxygens (including phenoxy) is 2. The van der Waals surface area contributed by atoms with Gasteiger partial charge in [0.1, 0.15) is 18.1 Å². The Balaban J connectivity index is 1.45. The normalized spacial score (nSPS) is 13.8. The Morgan fingerprint density at radius 2 is 2.03 bits per heavy atom. The molecule has 0 bridgehead atoms. The number of aromatic nitrogens is 3. The number of benzene rings is 2. The van der Waals surface area contributed by atoms with Crippen LogP contribution in [0, 0.1) is 0 Å². The van der Waals surface area contributed by atoms with E-state index in [2.05, 4.69) is 17.0 Å². The Labute approximate surface area is 176 Å². The molecule has 1 aliphatic heterocycles. The van der Waals surface area contributed by atoms with Crippen molar-refractivity contribution in [1.82, 2.24) is 14.6 Å². The molecule has 2 aromatic carbocycles. The fourth-order valence-corrected chi connectivity index (χ4v) is 4.18. The summed E-state index contributed by atoms with van der Waals surface area (Å²) in [6, 6.07) is 15.4. The van der Waals surface area contributed by atoms with Gasteiger partial charge in [-0.05, 0) is 54.5 Å². The number of nitrogens with zero attached hydrogens (tertiary/aromatic N) is 3. The van der Waals surface area contributed by atoms with E-state index in [1.807, 2.05) is 60.7 Å². The highest BCUT2D eigenvalue weighted by Crippen LogP contribution is 2.26. The largest absolute Gasteiger partial charge is 0.494 e. The zero-order valence-corrected chi connectivity index (χ0v) is 17.2. The monoisotopic (exact) mass is 417 g/mol. The number of fused-ring (bicyclic) bond motifs is 2. The summed E-state index contributed by atoms with van der Waals surface area (Å²) in [7, 11) is 0. The molecular weight excluding hydrogens is 398 g/mol. The number of hydrogen-bond acceptors (Lipinski definition) is 6. The fraction of sp³-hybridized carbons (Fsp3) is 0.174. The molecule has 4 aromatic rings. The molecule has 0 N–H and O–H groups in total. The van der Waals surface area contributed by atoms with E-state index >= 15 is 0 Å². The summed E-state index contributed by atoms with van der Waals surface area (Å²) in [6.07, 6.45) is 4.86. The van der Waals surface area contributed by atoms with Crippen LogP contribution in [0.15, 0.2) is 58.9 Å². The molecule has 1 aliphatic rings. The Morgan fingerprint density at radius 1 is 1.20 bits per heavy atom. The molecule has 3 heterocycles. The topological polar surface area (TPSA) is 65.7 Å². The first-order valence-electron chi connectivity index (χ1n) is 9.78. The van der Waals surface area contributed by atoms with Gasteiger partial charge in [-0.25, -0.2) is 0 Å². The van der Waals surface area contributed by atoms with Crippen LogP contribution in [0.25, 0.3) is 28.5 Å². The van der Waals surface area contributed by atoms with Crippen LogP contribution >= 0.6 is 11.3 Å². The molecule has 150 valence electrons. The van der Waals surface area contributed by atoms with Crippen LogP contribution in [-0.4, -0.2) is 27.8 Å². The van der Waals surface area contributed by atoms with Crippen LogP contribution in [0.4, 0.5) is 0 Å². The first-order valence-corrected chi connectivity index (χ1v) is 10.6. The third-order valence-corrected chi connectivity index (χ3v) is 5.70. The van der Waals surface area contributed by atoms with Gasteiger partial charge in [0.15, 0.2) is 5.82 Å². The van der Waals surface area contributed by atoms with Crippen molar-refractivity contribution < 1.29 is 9.47 Å². The molecule has 0 saturated heterocycles. The van der Waals surface area contributed by atoms with Gasteiger partial charge < -0.3 is 9.47 Å². The second-order valence-corrected chi connectivity index (χ2v) is 7.97. The molecule has 0 aliphatic carbocycles. The van der Waals surface area contributed by atoms with Gasteiger partial charge in [-0.2, -0.15) is 9.50 Å². The Hall–Kier alpha value is -3.45. The van der Waals surface area contributed by atoms with E-state index in [0.717, 1.165) is 34.6 Å². The standard InChI is InChI=1S/C23H19N3O3S/c1-2-11-28-18-9-7-16(8-10-18)21-24-23-26(25-21)22(27)20(30-23)13-15-12-17-5-3-4-6-19(17)29-14-15/h3-10,12-13H,2,11,14H2,1H3/b20-13+. The number of hydrogen-bond donors (Lipinski definition) is 0. The molecule has 30 heavy (non-hydrogen) atoms. The highest BCUT2D eigenvalue weighted by Gasteiger charge is 2.14. The lowest BCUT2D eigenvalue weighted by molar-refractivity contribution is 0.317. The van der Waals surface area contributed by atoms with Gasteiger partial charge in [0.2, 0.25) is 4.96 Å². The molecule has 0 atom stereocenters. The Morgan fingerprint density at radius 3 is 2.83 bits per heavy atom. The van der Waals surface area contributed by atoms with Gasteiger partial charge in [0.25, 0.3) is 5.56 Å². The smallest absolute Gasteiger partial charge is 0.291 e. The number of rotatable bonds is 5. The van der Waals surface area contributed by atoms with Gasteiger partial charge >= 0.3 is 0 Å². The van der Waals surface area contributed by atoms with Crippen LogP contribution < -0.4 is 19.6 Å². The first-order chi connectivity index (χ1) is 14.7. The Bertz CT molecular complexity index is 1350. The number of para-hydroxylation sites is 1. The molecule has 0 unspecified atom stereocenters. The van der Waals surface area contributed by atoms with Crippen molar-refractivity contribution in [2.45, 2.75) is 13.3 Å². The van der Waals surface area contributed by atoms with E-state index in [1.54, 1.807) is 0 Å². The van der Waals surface area contributed by atoms with Gasteiger partial charge in [-0.1, -0.05) is 36.5 Å². The minimum atomic E-state index is -0.170. The van der Waals surface area contributed by atoms with Crippen molar-refractivity contribution in [3.8, 4) is 22.9 Å². The first kappa shape index (κ1) is 18.6. The third kappa shape index (κ3) is 3.48. The molecule has 0 radical (unpaired) electrons. The van der Waals surface area contributed by atoms with Crippen molar-refractivity contribution >= 4 is 28.4 Å². The lowest BCUT2D eigenvalue weighted by atomic mass is 10.1. The molecular formula is C23H19N3O3S. The molecule has 0 spiro atoms. The average Bonchev–Trinajstić information content (AvgIpc) is 3.32. The quantitative estimate of drug-likeness (QED) is 0.497. The second kappa shape index (κ2) is 7.76. The van der Waals surface area contributed by atoms with Crippen LogP contribution in [0.2, 0.25) is 0 Å². The van der Waals surface area contributed by atoms with Crippen LogP contribution in [0.5, 0.6) is 11.5 Å². The SMILES string of the molecule is CCCOc1ccc(-c2nc3s/c(=C/C4=Cc5ccccc5OC4)c(=O)n3n2)cc1. The lowest BCUT2D eigenvalue weighted by Crippen LogP contribution is -2.24. The zero-order chi connectivity index (χ0) is 20.5. The minimum absolute atomic E-state index is 0.170. The summed E-state index contributed by atoms with van der Waals surface area (Å²) in [4.78, 5) is 17.9. The van der Waals surface area contributed by atoms with Crippen molar-refractivity contribution in [2.75, 3.05) is 13.2 Å². The van der Waals surface area contributed by atoms with E-state index in [4.69, 9.17) is 9.47 Å². The minimum Gasteiger partial charge on any atom is -0.494 e. The predicted molar refractivity (Wildman–Crippen MR) is 118 cm³/mol. The summed E-state index contributed by atoms with van der Waals surface area (Å²) in [5.74, 6) is 2.20. The predicted octanol–water partition coefficient (Wildman–Crippen LogP) is 3.58. The van der Waals surface area contributed by atoms with Crippen molar-refractivity contribution in [3.05, 3.63) is 74.6 Å². The maximum atomic E-state index is 12.8. The van der Waals surface area contributed by atoms with Crippen molar-refractivity contribution in [3.63, 3.8) is 0 Å². The highest BCUT2D eigenvalue weighted by atomic mass is 32.1. The van der Waals surface area contributed by atoms with Crippen LogP contribution in [0.1, 0.15) is 18.9 Å². The lowest BCUT2D eigenvalue weighted by Gasteiger charge is -2.15. The molecule has 0 saturated carbocycles. The van der Waals surface area contributed by atoms with Gasteiger partial charge in [0, 0.05) is 11.1 Å². The van der Waals surface area contributed by atoms with E-state index < -0.39 is 0 Å². The summed E-state index contributed by atoms with van der Waals surface area (Å²) in [6.45, 7) is 3.19. The summed E-state index contributed by atoms with van der Waals surface area (Å²) >= 11 is 1.33. The number of thiazole rings is 1. The summed E-state index contributed by atoms with van der Waals surface area (Å²) in [5, 5.41) is 4.42.